The highest BCUT2D eigenvalue weighted by molar-refractivity contribution is 7.16. The lowest BCUT2D eigenvalue weighted by Gasteiger charge is -2.05. The predicted octanol–water partition coefficient (Wildman–Crippen LogP) is 3.41. The Balaban J connectivity index is 2.21. The summed E-state index contributed by atoms with van der Waals surface area (Å²) in [6.45, 7) is 6.72. The van der Waals surface area contributed by atoms with E-state index in [1.54, 1.807) is 0 Å². The first-order valence-corrected chi connectivity index (χ1v) is 7.88. The van der Waals surface area contributed by atoms with E-state index in [9.17, 15) is 4.79 Å². The number of nitrogens with one attached hydrogen (secondary N) is 1. The number of aryl methyl sites for hydroxylation is 3. The average Bonchev–Trinajstić information content (AvgIpc) is 2.77. The topological polar surface area (TPSA) is 68.0 Å². The Morgan fingerprint density at radius 3 is 2.76 bits per heavy atom. The van der Waals surface area contributed by atoms with Gasteiger partial charge in [-0.25, -0.2) is 4.98 Å². The molecule has 21 heavy (non-hydrogen) atoms. The van der Waals surface area contributed by atoms with Gasteiger partial charge in [-0.15, -0.1) is 11.3 Å². The number of benzene rings is 1. The van der Waals surface area contributed by atoms with Gasteiger partial charge in [0, 0.05) is 16.9 Å². The molecule has 1 aromatic carbocycles. The summed E-state index contributed by atoms with van der Waals surface area (Å²) >= 11 is 1.51. The van der Waals surface area contributed by atoms with Crippen LogP contribution in [0.5, 0.6) is 0 Å². The van der Waals surface area contributed by atoms with Crippen LogP contribution in [0.2, 0.25) is 0 Å². The summed E-state index contributed by atoms with van der Waals surface area (Å²) in [5, 5.41) is 3.51. The van der Waals surface area contributed by atoms with Gasteiger partial charge in [0.25, 0.3) is 0 Å². The predicted molar refractivity (Wildman–Crippen MR) is 88.7 cm³/mol. The number of nitrogens with two attached hydrogens (primary N) is 1. The fourth-order valence-electron chi connectivity index (χ4n) is 2.22. The van der Waals surface area contributed by atoms with E-state index >= 15 is 0 Å². The van der Waals surface area contributed by atoms with E-state index in [2.05, 4.69) is 42.3 Å². The Morgan fingerprint density at radius 2 is 2.10 bits per heavy atom. The van der Waals surface area contributed by atoms with Crippen LogP contribution in [0.15, 0.2) is 18.2 Å². The summed E-state index contributed by atoms with van der Waals surface area (Å²) in [5.74, 6) is -0.0265. The summed E-state index contributed by atoms with van der Waals surface area (Å²) in [7, 11) is 0. The molecule has 0 saturated carbocycles. The molecule has 0 saturated heterocycles. The molecule has 5 heteroatoms. The molecule has 1 aromatic heterocycles. The molecular formula is C16H21N3OS. The van der Waals surface area contributed by atoms with Crippen LogP contribution in [0.3, 0.4) is 0 Å². The van der Waals surface area contributed by atoms with Gasteiger partial charge in [-0.2, -0.15) is 0 Å². The number of rotatable bonds is 5. The van der Waals surface area contributed by atoms with E-state index in [1.807, 2.05) is 6.92 Å². The normalized spacial score (nSPS) is 10.7. The van der Waals surface area contributed by atoms with Gasteiger partial charge in [-0.3, -0.25) is 4.79 Å². The van der Waals surface area contributed by atoms with Gasteiger partial charge in [0.15, 0.2) is 5.13 Å². The summed E-state index contributed by atoms with van der Waals surface area (Å²) in [4.78, 5) is 17.4. The zero-order chi connectivity index (χ0) is 15.4. The van der Waals surface area contributed by atoms with Crippen molar-refractivity contribution in [3.8, 4) is 11.3 Å². The number of anilines is 1. The van der Waals surface area contributed by atoms with E-state index in [0.717, 1.165) is 16.1 Å². The van der Waals surface area contributed by atoms with Crippen molar-refractivity contribution in [2.24, 2.45) is 5.73 Å². The molecule has 1 heterocycles. The molecule has 0 aliphatic carbocycles. The lowest BCUT2D eigenvalue weighted by Crippen LogP contribution is -2.13. The van der Waals surface area contributed by atoms with Gasteiger partial charge >= 0.3 is 0 Å². The fourth-order valence-corrected chi connectivity index (χ4v) is 3.07. The molecule has 0 aliphatic heterocycles. The maximum absolute atomic E-state index is 11.7. The number of amides is 1. The highest BCUT2D eigenvalue weighted by atomic mass is 32.1. The molecule has 112 valence electrons. The lowest BCUT2D eigenvalue weighted by molar-refractivity contribution is -0.116. The molecule has 0 radical (unpaired) electrons. The smallest absolute Gasteiger partial charge is 0.226 e. The molecule has 3 N–H and O–H groups in total. The van der Waals surface area contributed by atoms with Crippen LogP contribution in [0.1, 0.15) is 28.8 Å². The zero-order valence-electron chi connectivity index (χ0n) is 12.7. The minimum absolute atomic E-state index is 0.0265. The van der Waals surface area contributed by atoms with Crippen LogP contribution in [-0.4, -0.2) is 17.4 Å². The van der Waals surface area contributed by atoms with Crippen molar-refractivity contribution in [2.45, 2.75) is 33.6 Å². The number of hydrogen-bond donors (Lipinski definition) is 2. The van der Waals surface area contributed by atoms with E-state index in [1.165, 1.54) is 22.5 Å². The third-order valence-corrected chi connectivity index (χ3v) is 4.17. The van der Waals surface area contributed by atoms with E-state index in [4.69, 9.17) is 5.73 Å². The molecule has 0 atom stereocenters. The Hall–Kier alpha value is -1.72. The number of hydrogen-bond acceptors (Lipinski definition) is 4. The van der Waals surface area contributed by atoms with Gasteiger partial charge in [0.2, 0.25) is 5.91 Å². The summed E-state index contributed by atoms with van der Waals surface area (Å²) in [6, 6.07) is 6.32. The minimum Gasteiger partial charge on any atom is -0.330 e. The first-order chi connectivity index (χ1) is 10.0. The van der Waals surface area contributed by atoms with Crippen molar-refractivity contribution >= 4 is 22.4 Å². The maximum atomic E-state index is 11.7. The van der Waals surface area contributed by atoms with E-state index in [-0.39, 0.29) is 5.91 Å². The number of carbonyl (C=O) groups excluding carboxylic acids is 1. The number of aromatic nitrogens is 1. The third-order valence-electron chi connectivity index (χ3n) is 3.29. The Labute approximate surface area is 129 Å². The van der Waals surface area contributed by atoms with Crippen LogP contribution in [-0.2, 0) is 4.79 Å². The van der Waals surface area contributed by atoms with Crippen LogP contribution in [0.25, 0.3) is 11.3 Å². The Morgan fingerprint density at radius 1 is 1.33 bits per heavy atom. The lowest BCUT2D eigenvalue weighted by atomic mass is 10.0. The fraction of sp³-hybridized carbons (Fsp3) is 0.375. The average molecular weight is 303 g/mol. The van der Waals surface area contributed by atoms with Gasteiger partial charge in [0.05, 0.1) is 5.69 Å². The van der Waals surface area contributed by atoms with Crippen molar-refractivity contribution in [1.29, 1.82) is 0 Å². The van der Waals surface area contributed by atoms with E-state index < -0.39 is 0 Å². The van der Waals surface area contributed by atoms with Crippen molar-refractivity contribution in [3.63, 3.8) is 0 Å². The number of thiazole rings is 1. The highest BCUT2D eigenvalue weighted by Gasteiger charge is 2.13. The Bertz CT molecular complexity index is 649. The summed E-state index contributed by atoms with van der Waals surface area (Å²) in [5.41, 5.74) is 9.92. The maximum Gasteiger partial charge on any atom is 0.226 e. The minimum atomic E-state index is -0.0265. The SMILES string of the molecule is Cc1ccc(-c2nc(NC(=O)CCCN)sc2C)c(C)c1. The first-order valence-electron chi connectivity index (χ1n) is 7.06. The molecule has 0 spiro atoms. The second kappa shape index (κ2) is 6.83. The van der Waals surface area contributed by atoms with Crippen LogP contribution in [0.4, 0.5) is 5.13 Å². The van der Waals surface area contributed by atoms with Gasteiger partial charge in [0.1, 0.15) is 0 Å². The van der Waals surface area contributed by atoms with Crippen LogP contribution < -0.4 is 11.1 Å². The van der Waals surface area contributed by atoms with Crippen molar-refractivity contribution < 1.29 is 4.79 Å². The second-order valence-corrected chi connectivity index (χ2v) is 6.39. The quantitative estimate of drug-likeness (QED) is 0.889. The second-order valence-electron chi connectivity index (χ2n) is 5.18. The Kier molecular flexibility index (Phi) is 5.09. The standard InChI is InChI=1S/C16H21N3OS/c1-10-6-7-13(11(2)9-10)15-12(3)21-16(19-15)18-14(20)5-4-8-17/h6-7,9H,4-5,8,17H2,1-3H3,(H,18,19,20). The molecule has 0 unspecified atom stereocenters. The van der Waals surface area contributed by atoms with Gasteiger partial charge in [-0.1, -0.05) is 23.8 Å². The van der Waals surface area contributed by atoms with E-state index in [0.29, 0.717) is 24.5 Å². The summed E-state index contributed by atoms with van der Waals surface area (Å²) in [6.07, 6.45) is 1.13. The van der Waals surface area contributed by atoms with Crippen molar-refractivity contribution in [1.82, 2.24) is 4.98 Å². The molecular weight excluding hydrogens is 282 g/mol. The zero-order valence-corrected chi connectivity index (χ0v) is 13.5. The molecule has 0 fully saturated rings. The van der Waals surface area contributed by atoms with Crippen LogP contribution in [0, 0.1) is 20.8 Å². The van der Waals surface area contributed by atoms with Crippen molar-refractivity contribution in [2.75, 3.05) is 11.9 Å². The number of carbonyl (C=O) groups is 1. The third kappa shape index (κ3) is 3.89. The number of nitrogens with zero attached hydrogens (tertiary/aromatic N) is 1. The van der Waals surface area contributed by atoms with Crippen molar-refractivity contribution in [3.05, 3.63) is 34.2 Å². The van der Waals surface area contributed by atoms with Gasteiger partial charge in [-0.05, 0) is 39.3 Å². The first kappa shape index (κ1) is 15.7. The molecule has 0 bridgehead atoms. The molecule has 2 aromatic rings. The molecule has 0 aliphatic rings. The highest BCUT2D eigenvalue weighted by Crippen LogP contribution is 2.32. The summed E-state index contributed by atoms with van der Waals surface area (Å²) < 4.78 is 0. The monoisotopic (exact) mass is 303 g/mol. The largest absolute Gasteiger partial charge is 0.330 e. The molecule has 4 nitrogen and oxygen atoms in total. The molecule has 1 amide bonds. The van der Waals surface area contributed by atoms with Crippen LogP contribution >= 0.6 is 11.3 Å². The molecule has 2 rings (SSSR count). The van der Waals surface area contributed by atoms with Gasteiger partial charge < -0.3 is 11.1 Å².